The standard InChI is InChI=1S/C13H16FN3O2S/c1-3-20(18,19)17-13-6-11(14)4-10(9(13)2)5-12-7-15-8-16-12/h4,6-8,17H,3,5H2,1-2H3,(H,15,16). The van der Waals surface area contributed by atoms with Crippen molar-refractivity contribution in [1.29, 1.82) is 0 Å². The zero-order valence-corrected chi connectivity index (χ0v) is 12.1. The molecule has 0 unspecified atom stereocenters. The van der Waals surface area contributed by atoms with Gasteiger partial charge in [-0.15, -0.1) is 0 Å². The maximum Gasteiger partial charge on any atom is 0.232 e. The molecule has 2 rings (SSSR count). The van der Waals surface area contributed by atoms with Gasteiger partial charge in [-0.05, 0) is 37.1 Å². The molecular weight excluding hydrogens is 281 g/mol. The minimum Gasteiger partial charge on any atom is -0.351 e. The number of imidazole rings is 1. The van der Waals surface area contributed by atoms with Crippen LogP contribution >= 0.6 is 0 Å². The summed E-state index contributed by atoms with van der Waals surface area (Å²) in [4.78, 5) is 6.92. The Balaban J connectivity index is 2.37. The van der Waals surface area contributed by atoms with E-state index < -0.39 is 15.8 Å². The summed E-state index contributed by atoms with van der Waals surface area (Å²) in [6, 6.07) is 2.59. The minimum atomic E-state index is -3.43. The zero-order valence-electron chi connectivity index (χ0n) is 11.3. The molecule has 1 heterocycles. The molecule has 0 aliphatic heterocycles. The van der Waals surface area contributed by atoms with Crippen LogP contribution in [0.25, 0.3) is 0 Å². The second-order valence-corrected chi connectivity index (χ2v) is 6.49. The molecule has 1 aromatic carbocycles. The van der Waals surface area contributed by atoms with Crippen molar-refractivity contribution in [3.05, 3.63) is 47.3 Å². The minimum absolute atomic E-state index is 0.0579. The average molecular weight is 297 g/mol. The van der Waals surface area contributed by atoms with Gasteiger partial charge in [0.15, 0.2) is 0 Å². The monoisotopic (exact) mass is 297 g/mol. The van der Waals surface area contributed by atoms with Crippen molar-refractivity contribution < 1.29 is 12.8 Å². The molecular formula is C13H16FN3O2S. The van der Waals surface area contributed by atoms with Gasteiger partial charge < -0.3 is 4.98 Å². The van der Waals surface area contributed by atoms with Gasteiger partial charge in [-0.25, -0.2) is 17.8 Å². The first-order chi connectivity index (χ1) is 9.41. The number of H-pyrrole nitrogens is 1. The van der Waals surface area contributed by atoms with E-state index >= 15 is 0 Å². The van der Waals surface area contributed by atoms with E-state index in [0.717, 1.165) is 5.69 Å². The van der Waals surface area contributed by atoms with Crippen LogP contribution in [0.1, 0.15) is 23.7 Å². The van der Waals surface area contributed by atoms with E-state index in [-0.39, 0.29) is 11.4 Å². The molecule has 0 aliphatic rings. The largest absolute Gasteiger partial charge is 0.351 e. The summed E-state index contributed by atoms with van der Waals surface area (Å²) in [5, 5.41) is 0. The fraction of sp³-hybridized carbons (Fsp3) is 0.308. The van der Waals surface area contributed by atoms with Crippen LogP contribution in [0.3, 0.4) is 0 Å². The molecule has 2 aromatic rings. The summed E-state index contributed by atoms with van der Waals surface area (Å²) in [5.74, 6) is -0.535. The molecule has 1 aromatic heterocycles. The van der Waals surface area contributed by atoms with Crippen molar-refractivity contribution in [2.45, 2.75) is 20.3 Å². The van der Waals surface area contributed by atoms with E-state index in [2.05, 4.69) is 14.7 Å². The molecule has 2 N–H and O–H groups in total. The van der Waals surface area contributed by atoms with E-state index in [9.17, 15) is 12.8 Å². The van der Waals surface area contributed by atoms with Gasteiger partial charge in [0.1, 0.15) is 5.82 Å². The number of hydrogen-bond donors (Lipinski definition) is 2. The smallest absolute Gasteiger partial charge is 0.232 e. The third-order valence-corrected chi connectivity index (χ3v) is 4.34. The van der Waals surface area contributed by atoms with Gasteiger partial charge in [0, 0.05) is 12.6 Å². The fourth-order valence-electron chi connectivity index (χ4n) is 1.85. The van der Waals surface area contributed by atoms with Crippen LogP contribution in [0.5, 0.6) is 0 Å². The Kier molecular flexibility index (Phi) is 4.08. The van der Waals surface area contributed by atoms with Gasteiger partial charge in [-0.2, -0.15) is 0 Å². The predicted octanol–water partition coefficient (Wildman–Crippen LogP) is 2.21. The molecule has 108 valence electrons. The average Bonchev–Trinajstić information content (AvgIpc) is 2.87. The summed E-state index contributed by atoms with van der Waals surface area (Å²) in [7, 11) is -3.43. The molecule has 5 nitrogen and oxygen atoms in total. The van der Waals surface area contributed by atoms with Crippen LogP contribution < -0.4 is 4.72 Å². The quantitative estimate of drug-likeness (QED) is 0.888. The lowest BCUT2D eigenvalue weighted by Gasteiger charge is -2.13. The summed E-state index contributed by atoms with van der Waals surface area (Å²) < 4.78 is 39.3. The lowest BCUT2D eigenvalue weighted by atomic mass is 10.0. The molecule has 0 bridgehead atoms. The van der Waals surface area contributed by atoms with Crippen LogP contribution in [0, 0.1) is 12.7 Å². The van der Waals surface area contributed by atoms with Crippen molar-refractivity contribution in [3.8, 4) is 0 Å². The first kappa shape index (κ1) is 14.5. The number of sulfonamides is 1. The van der Waals surface area contributed by atoms with Crippen LogP contribution in [-0.2, 0) is 16.4 Å². The number of aromatic amines is 1. The highest BCUT2D eigenvalue weighted by atomic mass is 32.2. The molecule has 7 heteroatoms. The maximum atomic E-state index is 13.7. The van der Waals surface area contributed by atoms with Crippen LogP contribution in [0.2, 0.25) is 0 Å². The Labute approximate surface area is 117 Å². The molecule has 20 heavy (non-hydrogen) atoms. The Bertz CT molecular complexity index is 697. The highest BCUT2D eigenvalue weighted by Gasteiger charge is 2.13. The third-order valence-electron chi connectivity index (χ3n) is 3.05. The number of benzene rings is 1. The lowest BCUT2D eigenvalue weighted by molar-refractivity contribution is 0.602. The second-order valence-electron chi connectivity index (χ2n) is 4.48. The Morgan fingerprint density at radius 2 is 2.15 bits per heavy atom. The van der Waals surface area contributed by atoms with Gasteiger partial charge in [0.2, 0.25) is 10.0 Å². The van der Waals surface area contributed by atoms with E-state index in [1.54, 1.807) is 19.4 Å². The molecule has 0 amide bonds. The van der Waals surface area contributed by atoms with Crippen LogP contribution in [-0.4, -0.2) is 24.1 Å². The molecule has 0 saturated heterocycles. The van der Waals surface area contributed by atoms with E-state index in [0.29, 0.717) is 17.5 Å². The molecule has 0 saturated carbocycles. The Morgan fingerprint density at radius 3 is 2.75 bits per heavy atom. The topological polar surface area (TPSA) is 74.8 Å². The maximum absolute atomic E-state index is 13.7. The number of anilines is 1. The first-order valence-corrected chi connectivity index (χ1v) is 7.83. The summed E-state index contributed by atoms with van der Waals surface area (Å²) in [6.45, 7) is 3.29. The number of hydrogen-bond acceptors (Lipinski definition) is 3. The number of nitrogens with zero attached hydrogens (tertiary/aromatic N) is 1. The summed E-state index contributed by atoms with van der Waals surface area (Å²) >= 11 is 0. The highest BCUT2D eigenvalue weighted by molar-refractivity contribution is 7.92. The second kappa shape index (κ2) is 5.62. The molecule has 0 aliphatic carbocycles. The SMILES string of the molecule is CCS(=O)(=O)Nc1cc(F)cc(Cc2c[nH]cn2)c1C. The fourth-order valence-corrected chi connectivity index (χ4v) is 2.54. The van der Waals surface area contributed by atoms with E-state index in [1.807, 2.05) is 0 Å². The van der Waals surface area contributed by atoms with Gasteiger partial charge >= 0.3 is 0 Å². The van der Waals surface area contributed by atoms with Crippen molar-refractivity contribution in [2.24, 2.45) is 0 Å². The van der Waals surface area contributed by atoms with Crippen LogP contribution in [0.4, 0.5) is 10.1 Å². The Morgan fingerprint density at radius 1 is 1.40 bits per heavy atom. The van der Waals surface area contributed by atoms with Gasteiger partial charge in [0.05, 0.1) is 23.5 Å². The number of nitrogens with one attached hydrogen (secondary N) is 2. The van der Waals surface area contributed by atoms with Gasteiger partial charge in [0.25, 0.3) is 0 Å². The van der Waals surface area contributed by atoms with E-state index in [4.69, 9.17) is 0 Å². The van der Waals surface area contributed by atoms with Crippen molar-refractivity contribution in [2.75, 3.05) is 10.5 Å². The van der Waals surface area contributed by atoms with Crippen molar-refractivity contribution >= 4 is 15.7 Å². The number of halogens is 1. The molecule has 0 spiro atoms. The molecule has 0 atom stereocenters. The van der Waals surface area contributed by atoms with E-state index in [1.165, 1.54) is 19.1 Å². The van der Waals surface area contributed by atoms with Crippen molar-refractivity contribution in [1.82, 2.24) is 9.97 Å². The molecule has 0 radical (unpaired) electrons. The van der Waals surface area contributed by atoms with Gasteiger partial charge in [-0.3, -0.25) is 4.72 Å². The van der Waals surface area contributed by atoms with Crippen molar-refractivity contribution in [3.63, 3.8) is 0 Å². The number of rotatable bonds is 5. The Hall–Kier alpha value is -1.89. The number of aromatic nitrogens is 2. The third kappa shape index (κ3) is 3.36. The summed E-state index contributed by atoms with van der Waals surface area (Å²) in [6.07, 6.45) is 3.71. The molecule has 0 fully saturated rings. The normalized spacial score (nSPS) is 11.6. The predicted molar refractivity (Wildman–Crippen MR) is 75.6 cm³/mol. The first-order valence-electron chi connectivity index (χ1n) is 6.18. The highest BCUT2D eigenvalue weighted by Crippen LogP contribution is 2.24. The lowest BCUT2D eigenvalue weighted by Crippen LogP contribution is -2.16. The van der Waals surface area contributed by atoms with Crippen LogP contribution in [0.15, 0.2) is 24.7 Å². The van der Waals surface area contributed by atoms with Gasteiger partial charge in [-0.1, -0.05) is 0 Å². The summed E-state index contributed by atoms with van der Waals surface area (Å²) in [5.41, 5.74) is 2.44. The zero-order chi connectivity index (χ0) is 14.8.